The average Bonchev–Trinajstić information content (AvgIpc) is 2.52. The first-order chi connectivity index (χ1) is 11.4. The highest BCUT2D eigenvalue weighted by atomic mass is 35.5. The number of benzene rings is 2. The van der Waals surface area contributed by atoms with Gasteiger partial charge in [-0.2, -0.15) is 0 Å². The van der Waals surface area contributed by atoms with Gasteiger partial charge in [-0.25, -0.2) is 0 Å². The van der Waals surface area contributed by atoms with Crippen LogP contribution in [-0.4, -0.2) is 25.0 Å². The van der Waals surface area contributed by atoms with Crippen LogP contribution < -0.4 is 20.5 Å². The predicted octanol–water partition coefficient (Wildman–Crippen LogP) is 2.53. The van der Waals surface area contributed by atoms with E-state index in [0.717, 1.165) is 5.56 Å². The van der Waals surface area contributed by atoms with E-state index in [2.05, 4.69) is 5.32 Å². The van der Waals surface area contributed by atoms with E-state index >= 15 is 0 Å². The number of amides is 2. The quantitative estimate of drug-likeness (QED) is 0.804. The van der Waals surface area contributed by atoms with Gasteiger partial charge in [0.15, 0.2) is 13.2 Å². The molecule has 2 rings (SSSR count). The summed E-state index contributed by atoms with van der Waals surface area (Å²) in [4.78, 5) is 22.7. The van der Waals surface area contributed by atoms with Gasteiger partial charge in [-0.05, 0) is 42.8 Å². The third-order valence-corrected chi connectivity index (χ3v) is 3.23. The number of nitrogens with one attached hydrogen (secondary N) is 1. The molecule has 3 N–H and O–H groups in total. The fourth-order valence-electron chi connectivity index (χ4n) is 1.93. The van der Waals surface area contributed by atoms with E-state index < -0.39 is 5.91 Å². The van der Waals surface area contributed by atoms with Crippen LogP contribution in [0.4, 0.5) is 5.69 Å². The van der Waals surface area contributed by atoms with Crippen LogP contribution in [0.1, 0.15) is 5.56 Å². The van der Waals surface area contributed by atoms with Crippen LogP contribution in [0.5, 0.6) is 11.5 Å². The zero-order valence-electron chi connectivity index (χ0n) is 13.0. The van der Waals surface area contributed by atoms with Gasteiger partial charge in [0.1, 0.15) is 11.5 Å². The van der Waals surface area contributed by atoms with Crippen LogP contribution in [0.3, 0.4) is 0 Å². The molecule has 24 heavy (non-hydrogen) atoms. The highest BCUT2D eigenvalue weighted by Crippen LogP contribution is 2.22. The van der Waals surface area contributed by atoms with Gasteiger partial charge >= 0.3 is 0 Å². The van der Waals surface area contributed by atoms with Gasteiger partial charge in [-0.3, -0.25) is 9.59 Å². The topological polar surface area (TPSA) is 90.7 Å². The summed E-state index contributed by atoms with van der Waals surface area (Å²) >= 11 is 5.87. The number of carbonyl (C=O) groups is 2. The lowest BCUT2D eigenvalue weighted by Gasteiger charge is -2.11. The van der Waals surface area contributed by atoms with Gasteiger partial charge in [-0.1, -0.05) is 17.7 Å². The molecule has 0 fully saturated rings. The first-order valence-corrected chi connectivity index (χ1v) is 7.52. The summed E-state index contributed by atoms with van der Waals surface area (Å²) in [6.07, 6.45) is 0. The Morgan fingerprint density at radius 1 is 1.12 bits per heavy atom. The SMILES string of the molecule is Cc1cc(Cl)ccc1OCC(=O)Nc1cccc(OCC(N)=O)c1. The molecule has 0 saturated carbocycles. The van der Waals surface area contributed by atoms with Gasteiger partial charge in [0, 0.05) is 16.8 Å². The van der Waals surface area contributed by atoms with Gasteiger partial charge in [0.25, 0.3) is 11.8 Å². The maximum atomic E-state index is 12.0. The molecule has 0 unspecified atom stereocenters. The number of hydrogen-bond acceptors (Lipinski definition) is 4. The van der Waals surface area contributed by atoms with E-state index in [1.807, 2.05) is 6.92 Å². The highest BCUT2D eigenvalue weighted by molar-refractivity contribution is 6.30. The molecule has 0 atom stereocenters. The molecule has 2 amide bonds. The van der Waals surface area contributed by atoms with Crippen molar-refractivity contribution in [3.8, 4) is 11.5 Å². The van der Waals surface area contributed by atoms with E-state index in [1.54, 1.807) is 42.5 Å². The Kier molecular flexibility index (Phi) is 6.03. The number of halogens is 1. The average molecular weight is 349 g/mol. The molecular weight excluding hydrogens is 332 g/mol. The van der Waals surface area contributed by atoms with Crippen molar-refractivity contribution < 1.29 is 19.1 Å². The van der Waals surface area contributed by atoms with Crippen LogP contribution in [0, 0.1) is 6.92 Å². The van der Waals surface area contributed by atoms with Crippen LogP contribution in [0.2, 0.25) is 5.02 Å². The van der Waals surface area contributed by atoms with Crippen LogP contribution in [-0.2, 0) is 9.59 Å². The standard InChI is InChI=1S/C17H17ClN2O4/c1-11-7-12(18)5-6-15(11)24-10-17(22)20-13-3-2-4-14(8-13)23-9-16(19)21/h2-8H,9-10H2,1H3,(H2,19,21)(H,20,22). The lowest BCUT2D eigenvalue weighted by atomic mass is 10.2. The zero-order valence-corrected chi connectivity index (χ0v) is 13.8. The van der Waals surface area contributed by atoms with Crippen molar-refractivity contribution in [2.45, 2.75) is 6.92 Å². The van der Waals surface area contributed by atoms with E-state index in [4.69, 9.17) is 26.8 Å². The molecule has 126 valence electrons. The largest absolute Gasteiger partial charge is 0.484 e. The second kappa shape index (κ2) is 8.21. The first kappa shape index (κ1) is 17.6. The number of aryl methyl sites for hydroxylation is 1. The van der Waals surface area contributed by atoms with Crippen molar-refractivity contribution in [2.24, 2.45) is 5.73 Å². The molecule has 0 aliphatic carbocycles. The van der Waals surface area contributed by atoms with Crippen molar-refractivity contribution in [3.63, 3.8) is 0 Å². The minimum Gasteiger partial charge on any atom is -0.484 e. The van der Waals surface area contributed by atoms with Gasteiger partial charge in [0.05, 0.1) is 0 Å². The maximum absolute atomic E-state index is 12.0. The number of carbonyl (C=O) groups excluding carboxylic acids is 2. The van der Waals surface area contributed by atoms with Crippen LogP contribution >= 0.6 is 11.6 Å². The van der Waals surface area contributed by atoms with Crippen molar-refractivity contribution in [2.75, 3.05) is 18.5 Å². The Morgan fingerprint density at radius 2 is 1.92 bits per heavy atom. The fourth-order valence-corrected chi connectivity index (χ4v) is 2.16. The highest BCUT2D eigenvalue weighted by Gasteiger charge is 2.07. The molecule has 0 spiro atoms. The zero-order chi connectivity index (χ0) is 17.5. The second-order valence-electron chi connectivity index (χ2n) is 5.03. The maximum Gasteiger partial charge on any atom is 0.262 e. The molecule has 2 aromatic rings. The van der Waals surface area contributed by atoms with Gasteiger partial charge in [0.2, 0.25) is 0 Å². The molecule has 2 aromatic carbocycles. The summed E-state index contributed by atoms with van der Waals surface area (Å²) in [6, 6.07) is 11.8. The molecule has 0 aliphatic rings. The van der Waals surface area contributed by atoms with Crippen molar-refractivity contribution in [3.05, 3.63) is 53.1 Å². The molecule has 6 nitrogen and oxygen atoms in total. The third kappa shape index (κ3) is 5.48. The normalized spacial score (nSPS) is 10.1. The predicted molar refractivity (Wildman–Crippen MR) is 91.4 cm³/mol. The molecular formula is C17H17ClN2O4. The van der Waals surface area contributed by atoms with Crippen molar-refractivity contribution >= 4 is 29.1 Å². The summed E-state index contributed by atoms with van der Waals surface area (Å²) in [5.74, 6) is 0.127. The molecule has 7 heteroatoms. The Bertz CT molecular complexity index is 749. The van der Waals surface area contributed by atoms with Crippen LogP contribution in [0.15, 0.2) is 42.5 Å². The number of nitrogens with two attached hydrogens (primary N) is 1. The van der Waals surface area contributed by atoms with E-state index in [0.29, 0.717) is 22.2 Å². The third-order valence-electron chi connectivity index (χ3n) is 2.99. The summed E-state index contributed by atoms with van der Waals surface area (Å²) in [7, 11) is 0. The summed E-state index contributed by atoms with van der Waals surface area (Å²) in [5, 5.41) is 3.29. The molecule has 0 radical (unpaired) electrons. The number of anilines is 1. The number of hydrogen-bond donors (Lipinski definition) is 2. The summed E-state index contributed by atoms with van der Waals surface area (Å²) < 4.78 is 10.6. The van der Waals surface area contributed by atoms with E-state index in [-0.39, 0.29) is 19.1 Å². The lowest BCUT2D eigenvalue weighted by Crippen LogP contribution is -2.21. The van der Waals surface area contributed by atoms with E-state index in [1.165, 1.54) is 0 Å². The Balaban J connectivity index is 1.90. The minimum atomic E-state index is -0.573. The van der Waals surface area contributed by atoms with Crippen molar-refractivity contribution in [1.29, 1.82) is 0 Å². The number of rotatable bonds is 7. The fraction of sp³-hybridized carbons (Fsp3) is 0.176. The second-order valence-corrected chi connectivity index (χ2v) is 5.47. The number of ether oxygens (including phenoxy) is 2. The smallest absolute Gasteiger partial charge is 0.262 e. The van der Waals surface area contributed by atoms with Gasteiger partial charge in [-0.15, -0.1) is 0 Å². The monoisotopic (exact) mass is 348 g/mol. The Labute approximate surface area is 144 Å². The number of primary amides is 1. The van der Waals surface area contributed by atoms with Gasteiger partial charge < -0.3 is 20.5 Å². The Hall–Kier alpha value is -2.73. The van der Waals surface area contributed by atoms with Crippen LogP contribution in [0.25, 0.3) is 0 Å². The first-order valence-electron chi connectivity index (χ1n) is 7.14. The minimum absolute atomic E-state index is 0.144. The summed E-state index contributed by atoms with van der Waals surface area (Å²) in [5.41, 5.74) is 6.39. The molecule has 0 bridgehead atoms. The van der Waals surface area contributed by atoms with E-state index in [9.17, 15) is 9.59 Å². The molecule has 0 saturated heterocycles. The van der Waals surface area contributed by atoms with Crippen molar-refractivity contribution in [1.82, 2.24) is 0 Å². The Morgan fingerprint density at radius 3 is 2.62 bits per heavy atom. The lowest BCUT2D eigenvalue weighted by molar-refractivity contribution is -0.120. The molecule has 0 heterocycles. The summed E-state index contributed by atoms with van der Waals surface area (Å²) in [6.45, 7) is 1.48. The molecule has 0 aliphatic heterocycles. The molecule has 0 aromatic heterocycles.